The summed E-state index contributed by atoms with van der Waals surface area (Å²) in [7, 11) is 0. The first-order valence-electron chi connectivity index (χ1n) is 7.60. The molecule has 1 aliphatic carbocycles. The van der Waals surface area contributed by atoms with Crippen molar-refractivity contribution in [3.05, 3.63) is 18.1 Å². The molecule has 1 N–H and O–H groups in total. The average Bonchev–Trinajstić information content (AvgIpc) is 2.95. The Morgan fingerprint density at radius 3 is 3.05 bits per heavy atom. The second-order valence-electron chi connectivity index (χ2n) is 5.96. The summed E-state index contributed by atoms with van der Waals surface area (Å²) >= 11 is 1.50. The maximum atomic E-state index is 11.1. The van der Waals surface area contributed by atoms with Gasteiger partial charge in [0, 0.05) is 49.7 Å². The minimum absolute atomic E-state index is 0.0974. The van der Waals surface area contributed by atoms with E-state index in [0.29, 0.717) is 17.8 Å². The molecular formula is C14H18N6OS. The van der Waals surface area contributed by atoms with E-state index < -0.39 is 0 Å². The van der Waals surface area contributed by atoms with E-state index in [-0.39, 0.29) is 5.91 Å². The van der Waals surface area contributed by atoms with Crippen molar-refractivity contribution in [2.45, 2.75) is 38.1 Å². The van der Waals surface area contributed by atoms with E-state index in [1.54, 1.807) is 0 Å². The Hall–Kier alpha value is -1.96. The molecule has 2 aliphatic rings. The molecule has 4 rings (SSSR count). The molecule has 1 atom stereocenters. The molecule has 116 valence electrons. The summed E-state index contributed by atoms with van der Waals surface area (Å²) in [5.74, 6) is 2.14. The summed E-state index contributed by atoms with van der Waals surface area (Å²) in [5.41, 5.74) is 0. The molecule has 0 radical (unpaired) electrons. The number of amides is 1. The molecule has 1 saturated carbocycles. The van der Waals surface area contributed by atoms with Crippen LogP contribution in [0.3, 0.4) is 0 Å². The van der Waals surface area contributed by atoms with Crippen LogP contribution in [0, 0.1) is 0 Å². The van der Waals surface area contributed by atoms with Crippen LogP contribution in [0.4, 0.5) is 10.9 Å². The SMILES string of the molecule is CC(=O)Nc1ccn(C2CCN(c3nc(C4CC4)ns3)C2)n1. The van der Waals surface area contributed by atoms with Gasteiger partial charge in [-0.25, -0.2) is 4.98 Å². The summed E-state index contributed by atoms with van der Waals surface area (Å²) in [6.07, 6.45) is 5.42. The maximum absolute atomic E-state index is 11.1. The molecule has 1 aliphatic heterocycles. The van der Waals surface area contributed by atoms with Gasteiger partial charge in [0.15, 0.2) is 5.82 Å². The largest absolute Gasteiger partial charge is 0.345 e. The van der Waals surface area contributed by atoms with Gasteiger partial charge in [-0.3, -0.25) is 9.48 Å². The van der Waals surface area contributed by atoms with E-state index in [9.17, 15) is 4.79 Å². The van der Waals surface area contributed by atoms with Crippen LogP contribution in [0.5, 0.6) is 0 Å². The van der Waals surface area contributed by atoms with Crippen LogP contribution in [0.25, 0.3) is 0 Å². The molecular weight excluding hydrogens is 300 g/mol. The predicted molar refractivity (Wildman–Crippen MR) is 84.3 cm³/mol. The lowest BCUT2D eigenvalue weighted by Crippen LogP contribution is -2.21. The molecule has 0 aromatic carbocycles. The maximum Gasteiger partial charge on any atom is 0.222 e. The number of nitrogens with one attached hydrogen (secondary N) is 1. The Kier molecular flexibility index (Phi) is 3.33. The third-order valence-electron chi connectivity index (χ3n) is 4.09. The van der Waals surface area contributed by atoms with Gasteiger partial charge in [-0.15, -0.1) is 0 Å². The number of carbonyl (C=O) groups is 1. The number of hydrogen-bond donors (Lipinski definition) is 1. The number of rotatable bonds is 4. The highest BCUT2D eigenvalue weighted by atomic mass is 32.1. The highest BCUT2D eigenvalue weighted by molar-refractivity contribution is 7.09. The van der Waals surface area contributed by atoms with Crippen molar-refractivity contribution in [3.8, 4) is 0 Å². The van der Waals surface area contributed by atoms with Crippen molar-refractivity contribution in [2.75, 3.05) is 23.3 Å². The molecule has 2 fully saturated rings. The predicted octanol–water partition coefficient (Wildman–Crippen LogP) is 2.02. The molecule has 1 amide bonds. The van der Waals surface area contributed by atoms with Crippen molar-refractivity contribution in [2.24, 2.45) is 0 Å². The number of hydrogen-bond acceptors (Lipinski definition) is 6. The quantitative estimate of drug-likeness (QED) is 0.933. The van der Waals surface area contributed by atoms with Crippen molar-refractivity contribution >= 4 is 28.4 Å². The van der Waals surface area contributed by atoms with Gasteiger partial charge in [0.25, 0.3) is 0 Å². The van der Waals surface area contributed by atoms with Gasteiger partial charge < -0.3 is 10.2 Å². The minimum Gasteiger partial charge on any atom is -0.345 e. The molecule has 8 heteroatoms. The van der Waals surface area contributed by atoms with E-state index in [1.807, 2.05) is 16.9 Å². The van der Waals surface area contributed by atoms with Crippen molar-refractivity contribution < 1.29 is 4.79 Å². The second kappa shape index (κ2) is 5.35. The van der Waals surface area contributed by atoms with Gasteiger partial charge in [0.2, 0.25) is 11.0 Å². The second-order valence-corrected chi connectivity index (χ2v) is 6.69. The Bertz CT molecular complexity index is 691. The normalized spacial score (nSPS) is 21.3. The van der Waals surface area contributed by atoms with Crippen LogP contribution in [0.15, 0.2) is 12.3 Å². The Morgan fingerprint density at radius 1 is 1.41 bits per heavy atom. The molecule has 2 aromatic rings. The summed E-state index contributed by atoms with van der Waals surface area (Å²) < 4.78 is 6.41. The van der Waals surface area contributed by atoms with Crippen molar-refractivity contribution in [1.29, 1.82) is 0 Å². The molecule has 1 saturated heterocycles. The standard InChI is InChI=1S/C14H18N6OS/c1-9(21)15-12-5-7-20(17-12)11-4-6-19(8-11)14-16-13(18-22-14)10-2-3-10/h5,7,10-11H,2-4,6,8H2,1H3,(H,15,17,21). The molecule has 3 heterocycles. The Labute approximate surface area is 132 Å². The summed E-state index contributed by atoms with van der Waals surface area (Å²) in [6, 6.07) is 2.15. The van der Waals surface area contributed by atoms with Gasteiger partial charge in [-0.05, 0) is 19.3 Å². The molecule has 1 unspecified atom stereocenters. The van der Waals surface area contributed by atoms with E-state index in [2.05, 4.69) is 24.7 Å². The first-order valence-corrected chi connectivity index (χ1v) is 8.37. The smallest absolute Gasteiger partial charge is 0.222 e. The summed E-state index contributed by atoms with van der Waals surface area (Å²) in [6.45, 7) is 3.35. The van der Waals surface area contributed by atoms with Crippen molar-refractivity contribution in [3.63, 3.8) is 0 Å². The monoisotopic (exact) mass is 318 g/mol. The number of carbonyl (C=O) groups excluding carboxylic acids is 1. The van der Waals surface area contributed by atoms with Gasteiger partial charge in [0.1, 0.15) is 5.82 Å². The lowest BCUT2D eigenvalue weighted by Gasteiger charge is -2.14. The Balaban J connectivity index is 1.42. The lowest BCUT2D eigenvalue weighted by atomic mass is 10.3. The molecule has 0 bridgehead atoms. The van der Waals surface area contributed by atoms with E-state index in [4.69, 9.17) is 0 Å². The lowest BCUT2D eigenvalue weighted by molar-refractivity contribution is -0.114. The van der Waals surface area contributed by atoms with Gasteiger partial charge >= 0.3 is 0 Å². The minimum atomic E-state index is -0.0974. The molecule has 0 spiro atoms. The number of anilines is 2. The highest BCUT2D eigenvalue weighted by Gasteiger charge is 2.31. The van der Waals surface area contributed by atoms with Gasteiger partial charge in [-0.1, -0.05) is 0 Å². The number of aromatic nitrogens is 4. The summed E-state index contributed by atoms with van der Waals surface area (Å²) in [5, 5.41) is 8.17. The highest BCUT2D eigenvalue weighted by Crippen LogP contribution is 2.40. The zero-order valence-electron chi connectivity index (χ0n) is 12.4. The van der Waals surface area contributed by atoms with Gasteiger partial charge in [0.05, 0.1) is 6.04 Å². The van der Waals surface area contributed by atoms with Crippen LogP contribution >= 0.6 is 11.5 Å². The van der Waals surface area contributed by atoms with Crippen LogP contribution in [0.2, 0.25) is 0 Å². The fraction of sp³-hybridized carbons (Fsp3) is 0.571. The molecule has 2 aromatic heterocycles. The van der Waals surface area contributed by atoms with Crippen LogP contribution in [-0.2, 0) is 4.79 Å². The van der Waals surface area contributed by atoms with Gasteiger partial charge in [-0.2, -0.15) is 9.47 Å². The molecule has 7 nitrogen and oxygen atoms in total. The van der Waals surface area contributed by atoms with E-state index >= 15 is 0 Å². The average molecular weight is 318 g/mol. The topological polar surface area (TPSA) is 75.9 Å². The fourth-order valence-electron chi connectivity index (χ4n) is 2.78. The van der Waals surface area contributed by atoms with E-state index in [0.717, 1.165) is 30.5 Å². The zero-order chi connectivity index (χ0) is 15.1. The third kappa shape index (κ3) is 2.70. The van der Waals surface area contributed by atoms with Crippen LogP contribution in [0.1, 0.15) is 44.0 Å². The molecule has 22 heavy (non-hydrogen) atoms. The first-order chi connectivity index (χ1) is 10.7. The Morgan fingerprint density at radius 2 is 2.27 bits per heavy atom. The fourth-order valence-corrected chi connectivity index (χ4v) is 3.56. The number of nitrogens with zero attached hydrogens (tertiary/aromatic N) is 5. The zero-order valence-corrected chi connectivity index (χ0v) is 13.2. The van der Waals surface area contributed by atoms with Crippen LogP contribution in [-0.4, -0.2) is 38.1 Å². The van der Waals surface area contributed by atoms with E-state index in [1.165, 1.54) is 31.3 Å². The van der Waals surface area contributed by atoms with Crippen molar-refractivity contribution in [1.82, 2.24) is 19.1 Å². The first kappa shape index (κ1) is 13.7. The third-order valence-corrected chi connectivity index (χ3v) is 4.89. The van der Waals surface area contributed by atoms with Crippen LogP contribution < -0.4 is 10.2 Å². The summed E-state index contributed by atoms with van der Waals surface area (Å²) in [4.78, 5) is 18.0.